The standard InChI is InChI=1S/C25H20N2O6/c28-21-7-3-18(4-8-21)5-9-22(29)15-23(30)10-6-20-14-24(11-12-25(20)27(31)32)33-17-19-2-1-13-26-16-19/h1-14,16,28H,15,17H2. The Hall–Kier alpha value is -4.59. The molecular formula is C25H20N2O6. The molecule has 0 atom stereocenters. The third-order valence-electron chi connectivity index (χ3n) is 4.48. The monoisotopic (exact) mass is 444 g/mol. The maximum Gasteiger partial charge on any atom is 0.276 e. The molecule has 1 aromatic heterocycles. The number of pyridine rings is 1. The van der Waals surface area contributed by atoms with Crippen LogP contribution in [0.15, 0.2) is 79.1 Å². The van der Waals surface area contributed by atoms with Crippen LogP contribution in [0, 0.1) is 10.1 Å². The summed E-state index contributed by atoms with van der Waals surface area (Å²) in [5.74, 6) is -0.406. The molecule has 0 aliphatic heterocycles. The number of ether oxygens (including phenoxy) is 1. The molecule has 0 radical (unpaired) electrons. The molecule has 0 saturated carbocycles. The lowest BCUT2D eigenvalue weighted by Crippen LogP contribution is -2.02. The highest BCUT2D eigenvalue weighted by atomic mass is 16.6. The number of carbonyl (C=O) groups excluding carboxylic acids is 2. The second-order valence-corrected chi connectivity index (χ2v) is 7.00. The minimum absolute atomic E-state index is 0.111. The highest BCUT2D eigenvalue weighted by Gasteiger charge is 2.13. The Bertz CT molecular complexity index is 1200. The molecule has 0 bridgehead atoms. The zero-order chi connectivity index (χ0) is 23.6. The van der Waals surface area contributed by atoms with Crippen molar-refractivity contribution in [2.75, 3.05) is 0 Å². The van der Waals surface area contributed by atoms with E-state index in [2.05, 4.69) is 4.98 Å². The Morgan fingerprint density at radius 3 is 2.42 bits per heavy atom. The van der Waals surface area contributed by atoms with E-state index in [-0.39, 0.29) is 30.0 Å². The number of aromatic nitrogens is 1. The van der Waals surface area contributed by atoms with Crippen LogP contribution in [0.1, 0.15) is 23.1 Å². The molecule has 0 aliphatic rings. The largest absolute Gasteiger partial charge is 0.508 e. The fourth-order valence-electron chi connectivity index (χ4n) is 2.82. The number of carbonyl (C=O) groups is 2. The highest BCUT2D eigenvalue weighted by Crippen LogP contribution is 2.26. The van der Waals surface area contributed by atoms with Gasteiger partial charge in [0.15, 0.2) is 11.6 Å². The first kappa shape index (κ1) is 23.1. The van der Waals surface area contributed by atoms with E-state index in [9.17, 15) is 24.8 Å². The number of rotatable bonds is 10. The molecule has 3 rings (SSSR count). The number of phenolic OH excluding ortho intramolecular Hbond substituents is 1. The summed E-state index contributed by atoms with van der Waals surface area (Å²) in [6.07, 6.45) is 8.16. The molecule has 0 amide bonds. The number of benzene rings is 2. The van der Waals surface area contributed by atoms with E-state index in [4.69, 9.17) is 4.74 Å². The summed E-state index contributed by atoms with van der Waals surface area (Å²) in [5.41, 5.74) is 1.53. The molecule has 8 nitrogen and oxygen atoms in total. The van der Waals surface area contributed by atoms with Crippen molar-refractivity contribution in [3.05, 3.63) is 106 Å². The van der Waals surface area contributed by atoms with Gasteiger partial charge in [-0.05, 0) is 54.1 Å². The number of nitro groups is 1. The van der Waals surface area contributed by atoms with Crippen molar-refractivity contribution >= 4 is 29.4 Å². The summed E-state index contributed by atoms with van der Waals surface area (Å²) in [4.78, 5) is 39.0. The Kier molecular flexibility index (Phi) is 7.80. The fraction of sp³-hybridized carbons (Fsp3) is 0.0800. The maximum absolute atomic E-state index is 12.2. The van der Waals surface area contributed by atoms with Gasteiger partial charge in [0.2, 0.25) is 0 Å². The molecule has 3 aromatic rings. The lowest BCUT2D eigenvalue weighted by Gasteiger charge is -2.07. The third kappa shape index (κ3) is 7.25. The minimum atomic E-state index is -0.555. The molecule has 0 fully saturated rings. The lowest BCUT2D eigenvalue weighted by atomic mass is 10.1. The van der Waals surface area contributed by atoms with Crippen molar-refractivity contribution in [2.45, 2.75) is 13.0 Å². The predicted molar refractivity (Wildman–Crippen MR) is 122 cm³/mol. The normalized spacial score (nSPS) is 11.0. The average Bonchev–Trinajstić information content (AvgIpc) is 2.81. The minimum Gasteiger partial charge on any atom is -0.508 e. The first-order valence-electron chi connectivity index (χ1n) is 9.92. The average molecular weight is 444 g/mol. The first-order chi connectivity index (χ1) is 15.9. The van der Waals surface area contributed by atoms with E-state index in [0.29, 0.717) is 11.3 Å². The Morgan fingerprint density at radius 1 is 1.03 bits per heavy atom. The molecule has 1 N–H and O–H groups in total. The number of allylic oxidation sites excluding steroid dienone is 2. The van der Waals surface area contributed by atoms with Gasteiger partial charge in [0.25, 0.3) is 5.69 Å². The van der Waals surface area contributed by atoms with Crippen molar-refractivity contribution in [1.82, 2.24) is 4.98 Å². The topological polar surface area (TPSA) is 120 Å². The van der Waals surface area contributed by atoms with Gasteiger partial charge >= 0.3 is 0 Å². The van der Waals surface area contributed by atoms with E-state index in [1.165, 1.54) is 48.6 Å². The van der Waals surface area contributed by atoms with Crippen LogP contribution in [0.4, 0.5) is 5.69 Å². The Morgan fingerprint density at radius 2 is 1.76 bits per heavy atom. The van der Waals surface area contributed by atoms with Crippen molar-refractivity contribution in [3.63, 3.8) is 0 Å². The summed E-state index contributed by atoms with van der Waals surface area (Å²) in [6.45, 7) is 0.232. The Balaban J connectivity index is 1.64. The van der Waals surface area contributed by atoms with E-state index in [1.54, 1.807) is 30.6 Å². The van der Waals surface area contributed by atoms with Crippen molar-refractivity contribution in [1.29, 1.82) is 0 Å². The SMILES string of the molecule is O=C(C=Cc1ccc(O)cc1)CC(=O)C=Cc1cc(OCc2cccnc2)ccc1[N+](=O)[O-]. The van der Waals surface area contributed by atoms with Gasteiger partial charge in [-0.3, -0.25) is 24.7 Å². The number of hydrogen-bond acceptors (Lipinski definition) is 7. The van der Waals surface area contributed by atoms with E-state index < -0.39 is 16.5 Å². The zero-order valence-corrected chi connectivity index (χ0v) is 17.5. The van der Waals surface area contributed by atoms with Gasteiger partial charge in [-0.15, -0.1) is 0 Å². The van der Waals surface area contributed by atoms with Gasteiger partial charge in [0.1, 0.15) is 18.1 Å². The van der Waals surface area contributed by atoms with Crippen molar-refractivity contribution in [2.24, 2.45) is 0 Å². The van der Waals surface area contributed by atoms with Crippen LogP contribution in [-0.2, 0) is 16.2 Å². The van der Waals surface area contributed by atoms with Gasteiger partial charge in [-0.1, -0.05) is 24.3 Å². The second-order valence-electron chi connectivity index (χ2n) is 7.00. The van der Waals surface area contributed by atoms with Crippen molar-refractivity contribution < 1.29 is 24.4 Å². The Labute approximate surface area is 189 Å². The van der Waals surface area contributed by atoms with Gasteiger partial charge in [0, 0.05) is 24.0 Å². The van der Waals surface area contributed by atoms with Gasteiger partial charge in [-0.25, -0.2) is 0 Å². The third-order valence-corrected chi connectivity index (χ3v) is 4.48. The molecule has 33 heavy (non-hydrogen) atoms. The van der Waals surface area contributed by atoms with E-state index in [1.807, 2.05) is 6.07 Å². The maximum atomic E-state index is 12.2. The summed E-state index contributed by atoms with van der Waals surface area (Å²) in [6, 6.07) is 14.1. The highest BCUT2D eigenvalue weighted by molar-refractivity contribution is 6.11. The second kappa shape index (κ2) is 11.1. The number of aromatic hydroxyl groups is 1. The van der Waals surface area contributed by atoms with Crippen LogP contribution in [-0.4, -0.2) is 26.6 Å². The molecule has 0 aliphatic carbocycles. The van der Waals surface area contributed by atoms with Gasteiger partial charge < -0.3 is 9.84 Å². The van der Waals surface area contributed by atoms with Crippen LogP contribution in [0.25, 0.3) is 12.2 Å². The quantitative estimate of drug-likeness (QED) is 0.211. The van der Waals surface area contributed by atoms with E-state index in [0.717, 1.165) is 11.6 Å². The van der Waals surface area contributed by atoms with Crippen LogP contribution < -0.4 is 4.74 Å². The summed E-state index contributed by atoms with van der Waals surface area (Å²) in [7, 11) is 0. The number of nitrogens with zero attached hydrogens (tertiary/aromatic N) is 2. The molecule has 1 heterocycles. The molecule has 8 heteroatoms. The van der Waals surface area contributed by atoms with Crippen molar-refractivity contribution in [3.8, 4) is 11.5 Å². The smallest absolute Gasteiger partial charge is 0.276 e. The molecule has 166 valence electrons. The number of nitro benzene ring substituents is 1. The van der Waals surface area contributed by atoms with Crippen LogP contribution in [0.3, 0.4) is 0 Å². The number of hydrogen-bond donors (Lipinski definition) is 1. The van der Waals surface area contributed by atoms with E-state index >= 15 is 0 Å². The van der Waals surface area contributed by atoms with Crippen LogP contribution in [0.2, 0.25) is 0 Å². The molecule has 2 aromatic carbocycles. The lowest BCUT2D eigenvalue weighted by molar-refractivity contribution is -0.385. The number of phenols is 1. The molecule has 0 spiro atoms. The summed E-state index contributed by atoms with van der Waals surface area (Å²) >= 11 is 0. The van der Waals surface area contributed by atoms with Crippen LogP contribution >= 0.6 is 0 Å². The molecule has 0 saturated heterocycles. The van der Waals surface area contributed by atoms with Gasteiger partial charge in [-0.2, -0.15) is 0 Å². The summed E-state index contributed by atoms with van der Waals surface area (Å²) < 4.78 is 5.66. The zero-order valence-electron chi connectivity index (χ0n) is 17.5. The molecule has 0 unspecified atom stereocenters. The molecular weight excluding hydrogens is 424 g/mol. The van der Waals surface area contributed by atoms with Crippen LogP contribution in [0.5, 0.6) is 11.5 Å². The summed E-state index contributed by atoms with van der Waals surface area (Å²) in [5, 5.41) is 20.6. The fourth-order valence-corrected chi connectivity index (χ4v) is 2.82. The van der Waals surface area contributed by atoms with Gasteiger partial charge in [0.05, 0.1) is 16.9 Å². The number of ketones is 2. The predicted octanol–water partition coefficient (Wildman–Crippen LogP) is 4.53. The first-order valence-corrected chi connectivity index (χ1v) is 9.92.